The third-order valence-electron chi connectivity index (χ3n) is 3.68. The lowest BCUT2D eigenvalue weighted by Gasteiger charge is -2.09. The first-order chi connectivity index (χ1) is 11.5. The van der Waals surface area contributed by atoms with E-state index in [-0.39, 0.29) is 5.56 Å². The van der Waals surface area contributed by atoms with Crippen molar-refractivity contribution in [1.82, 2.24) is 9.97 Å². The van der Waals surface area contributed by atoms with E-state index in [1.807, 2.05) is 0 Å². The van der Waals surface area contributed by atoms with Crippen LogP contribution < -0.4 is 20.8 Å². The number of thiophene rings is 1. The Morgan fingerprint density at radius 2 is 1.96 bits per heavy atom. The number of aromatic amines is 1. The molecule has 2 aromatic heterocycles. The molecule has 0 saturated heterocycles. The van der Waals surface area contributed by atoms with Gasteiger partial charge in [0.2, 0.25) is 0 Å². The SMILES string of the molecule is COc1ccc(-c2nc3sc(C(N)=O)c(C)c3c(=O)[nH]2)cc1OC. The summed E-state index contributed by atoms with van der Waals surface area (Å²) in [5.74, 6) is 0.916. The zero-order valence-corrected chi connectivity index (χ0v) is 14.1. The average Bonchev–Trinajstić information content (AvgIpc) is 2.91. The molecule has 0 fully saturated rings. The molecule has 8 heteroatoms. The zero-order valence-electron chi connectivity index (χ0n) is 13.3. The quantitative estimate of drug-likeness (QED) is 0.753. The molecule has 0 saturated carbocycles. The van der Waals surface area contributed by atoms with Gasteiger partial charge in [-0.05, 0) is 30.7 Å². The van der Waals surface area contributed by atoms with Crippen molar-refractivity contribution < 1.29 is 14.3 Å². The number of carbonyl (C=O) groups excluding carboxylic acids is 1. The van der Waals surface area contributed by atoms with E-state index in [0.717, 1.165) is 11.3 Å². The van der Waals surface area contributed by atoms with Gasteiger partial charge in [0.15, 0.2) is 11.5 Å². The number of nitrogens with two attached hydrogens (primary N) is 1. The number of hydrogen-bond donors (Lipinski definition) is 2. The summed E-state index contributed by atoms with van der Waals surface area (Å²) in [5.41, 5.74) is 6.25. The van der Waals surface area contributed by atoms with Crippen molar-refractivity contribution in [3.05, 3.63) is 39.0 Å². The van der Waals surface area contributed by atoms with Crippen LogP contribution >= 0.6 is 11.3 Å². The van der Waals surface area contributed by atoms with E-state index in [2.05, 4.69) is 9.97 Å². The number of aryl methyl sites for hydroxylation is 1. The van der Waals surface area contributed by atoms with Gasteiger partial charge in [-0.3, -0.25) is 9.59 Å². The highest BCUT2D eigenvalue weighted by Crippen LogP contribution is 2.32. The molecule has 3 rings (SSSR count). The number of nitrogens with one attached hydrogen (secondary N) is 1. The second-order valence-corrected chi connectivity index (χ2v) is 6.08. The zero-order chi connectivity index (χ0) is 17.4. The van der Waals surface area contributed by atoms with Gasteiger partial charge in [-0.15, -0.1) is 11.3 Å². The normalized spacial score (nSPS) is 10.8. The van der Waals surface area contributed by atoms with Crippen LogP contribution in [0.3, 0.4) is 0 Å². The van der Waals surface area contributed by atoms with Crippen molar-refractivity contribution in [2.24, 2.45) is 5.73 Å². The predicted octanol–water partition coefficient (Wildman–Crippen LogP) is 2.08. The van der Waals surface area contributed by atoms with E-state index in [1.54, 1.807) is 32.2 Å². The first-order valence-corrected chi connectivity index (χ1v) is 7.83. The molecule has 124 valence electrons. The number of hydrogen-bond acceptors (Lipinski definition) is 6. The highest BCUT2D eigenvalue weighted by atomic mass is 32.1. The minimum atomic E-state index is -0.567. The summed E-state index contributed by atoms with van der Waals surface area (Å²) in [4.78, 5) is 31.9. The minimum Gasteiger partial charge on any atom is -0.493 e. The lowest BCUT2D eigenvalue weighted by Crippen LogP contribution is -2.12. The maximum atomic E-state index is 12.4. The van der Waals surface area contributed by atoms with Gasteiger partial charge >= 0.3 is 0 Å². The number of aromatic nitrogens is 2. The monoisotopic (exact) mass is 345 g/mol. The molecule has 0 unspecified atom stereocenters. The van der Waals surface area contributed by atoms with Crippen LogP contribution in [0.1, 0.15) is 15.2 Å². The lowest BCUT2D eigenvalue weighted by molar-refractivity contribution is 0.100. The number of amides is 1. The Kier molecular flexibility index (Phi) is 3.98. The third-order valence-corrected chi connectivity index (χ3v) is 4.88. The van der Waals surface area contributed by atoms with Crippen molar-refractivity contribution >= 4 is 27.5 Å². The molecule has 0 atom stereocenters. The number of benzene rings is 1. The van der Waals surface area contributed by atoms with Gasteiger partial charge < -0.3 is 20.2 Å². The Bertz CT molecular complexity index is 1010. The van der Waals surface area contributed by atoms with Crippen molar-refractivity contribution in [3.63, 3.8) is 0 Å². The fourth-order valence-corrected chi connectivity index (χ4v) is 3.53. The van der Waals surface area contributed by atoms with E-state index in [1.165, 1.54) is 7.11 Å². The number of fused-ring (bicyclic) bond motifs is 1. The van der Waals surface area contributed by atoms with Crippen LogP contribution in [0.4, 0.5) is 0 Å². The standard InChI is InChI=1S/C16H15N3O4S/c1-7-11-15(21)18-14(19-16(11)24-12(7)13(17)20)8-4-5-9(22-2)10(6-8)23-3/h4-6H,1-3H3,(H2,17,20)(H,18,19,21). The molecule has 3 aromatic rings. The van der Waals surface area contributed by atoms with Gasteiger partial charge in [0.25, 0.3) is 11.5 Å². The van der Waals surface area contributed by atoms with E-state index >= 15 is 0 Å². The van der Waals surface area contributed by atoms with Crippen molar-refractivity contribution in [2.45, 2.75) is 6.92 Å². The molecular weight excluding hydrogens is 330 g/mol. The number of H-pyrrole nitrogens is 1. The topological polar surface area (TPSA) is 107 Å². The summed E-state index contributed by atoms with van der Waals surface area (Å²) in [6.07, 6.45) is 0. The van der Waals surface area contributed by atoms with Crippen LogP contribution in [0.2, 0.25) is 0 Å². The molecule has 0 aliphatic heterocycles. The number of methoxy groups -OCH3 is 2. The molecule has 1 aromatic carbocycles. The number of carbonyl (C=O) groups is 1. The number of nitrogens with zero attached hydrogens (tertiary/aromatic N) is 1. The molecule has 0 bridgehead atoms. The second kappa shape index (κ2) is 5.97. The van der Waals surface area contributed by atoms with Crippen molar-refractivity contribution in [3.8, 4) is 22.9 Å². The molecule has 2 heterocycles. The van der Waals surface area contributed by atoms with Gasteiger partial charge in [-0.1, -0.05) is 0 Å². The Morgan fingerprint density at radius 1 is 1.25 bits per heavy atom. The highest BCUT2D eigenvalue weighted by molar-refractivity contribution is 7.20. The van der Waals surface area contributed by atoms with Crippen LogP contribution in [-0.2, 0) is 0 Å². The fraction of sp³-hybridized carbons (Fsp3) is 0.188. The lowest BCUT2D eigenvalue weighted by atomic mass is 10.1. The maximum Gasteiger partial charge on any atom is 0.260 e. The highest BCUT2D eigenvalue weighted by Gasteiger charge is 2.18. The third kappa shape index (κ3) is 2.50. The first-order valence-electron chi connectivity index (χ1n) is 7.02. The summed E-state index contributed by atoms with van der Waals surface area (Å²) >= 11 is 1.11. The maximum absolute atomic E-state index is 12.4. The van der Waals surface area contributed by atoms with Crippen molar-refractivity contribution in [1.29, 1.82) is 0 Å². The molecule has 24 heavy (non-hydrogen) atoms. The Balaban J connectivity index is 2.21. The van der Waals surface area contributed by atoms with Gasteiger partial charge in [0.05, 0.1) is 24.5 Å². The summed E-state index contributed by atoms with van der Waals surface area (Å²) < 4.78 is 10.5. The average molecular weight is 345 g/mol. The molecule has 0 spiro atoms. The molecule has 0 aliphatic carbocycles. The van der Waals surface area contributed by atoms with Crippen molar-refractivity contribution in [2.75, 3.05) is 14.2 Å². The van der Waals surface area contributed by atoms with E-state index in [0.29, 0.717) is 43.5 Å². The summed E-state index contributed by atoms with van der Waals surface area (Å²) in [5, 5.41) is 0.387. The molecule has 7 nitrogen and oxygen atoms in total. The van der Waals surface area contributed by atoms with E-state index in [9.17, 15) is 9.59 Å². The van der Waals surface area contributed by atoms with Crippen LogP contribution in [-0.4, -0.2) is 30.1 Å². The largest absolute Gasteiger partial charge is 0.493 e. The Morgan fingerprint density at radius 3 is 2.58 bits per heavy atom. The smallest absolute Gasteiger partial charge is 0.260 e. The Labute approximate surface area is 141 Å². The summed E-state index contributed by atoms with van der Waals surface area (Å²) in [6, 6.07) is 5.21. The van der Waals surface area contributed by atoms with Crippen LogP contribution in [0.5, 0.6) is 11.5 Å². The number of ether oxygens (including phenoxy) is 2. The Hall–Kier alpha value is -2.87. The van der Waals surface area contributed by atoms with Gasteiger partial charge in [-0.2, -0.15) is 0 Å². The molecule has 3 N–H and O–H groups in total. The van der Waals surface area contributed by atoms with E-state index in [4.69, 9.17) is 15.2 Å². The van der Waals surface area contributed by atoms with Gasteiger partial charge in [-0.25, -0.2) is 4.98 Å². The summed E-state index contributed by atoms with van der Waals surface area (Å²) in [7, 11) is 3.08. The van der Waals surface area contributed by atoms with Crippen LogP contribution in [0.15, 0.2) is 23.0 Å². The van der Waals surface area contributed by atoms with Crippen LogP contribution in [0, 0.1) is 6.92 Å². The van der Waals surface area contributed by atoms with Gasteiger partial charge in [0.1, 0.15) is 10.7 Å². The summed E-state index contributed by atoms with van der Waals surface area (Å²) in [6.45, 7) is 1.69. The number of rotatable bonds is 4. The van der Waals surface area contributed by atoms with E-state index < -0.39 is 5.91 Å². The molecular formula is C16H15N3O4S. The fourth-order valence-electron chi connectivity index (χ4n) is 2.50. The molecule has 0 aliphatic rings. The first kappa shape index (κ1) is 16.0. The number of primary amides is 1. The molecule has 0 radical (unpaired) electrons. The van der Waals surface area contributed by atoms with Crippen LogP contribution in [0.25, 0.3) is 21.6 Å². The van der Waals surface area contributed by atoms with Gasteiger partial charge in [0, 0.05) is 5.56 Å². The molecule has 1 amide bonds. The minimum absolute atomic E-state index is 0.314. The predicted molar refractivity (Wildman–Crippen MR) is 92.0 cm³/mol. The second-order valence-electron chi connectivity index (χ2n) is 5.08.